The third kappa shape index (κ3) is 4.15. The normalized spacial score (nSPS) is 30.6. The van der Waals surface area contributed by atoms with E-state index in [1.807, 2.05) is 36.4 Å². The predicted octanol–water partition coefficient (Wildman–Crippen LogP) is 5.93. The second kappa shape index (κ2) is 8.37. The Hall–Kier alpha value is -1.96. The number of Topliss-reactive ketones (excluding diaryl/α,β-unsaturated/α-hetero) is 2. The summed E-state index contributed by atoms with van der Waals surface area (Å²) in [6.45, 7) is 0. The summed E-state index contributed by atoms with van der Waals surface area (Å²) in [5, 5.41) is 0. The van der Waals surface area contributed by atoms with E-state index in [4.69, 9.17) is 0 Å². The van der Waals surface area contributed by atoms with Gasteiger partial charge in [-0.05, 0) is 75.0 Å². The summed E-state index contributed by atoms with van der Waals surface area (Å²) in [6.07, 6.45) is 14.8. The number of ketones is 2. The first-order chi connectivity index (χ1) is 13.2. The molecular weight excluding hydrogens is 332 g/mol. The maximum Gasteiger partial charge on any atom is 0.161 e. The van der Waals surface area contributed by atoms with E-state index in [2.05, 4.69) is 6.08 Å². The van der Waals surface area contributed by atoms with Crippen molar-refractivity contribution in [3.63, 3.8) is 0 Å². The van der Waals surface area contributed by atoms with Gasteiger partial charge in [0, 0.05) is 17.8 Å². The molecule has 3 atom stereocenters. The molecule has 1 aromatic rings. The molecule has 0 heterocycles. The van der Waals surface area contributed by atoms with Crippen molar-refractivity contribution in [2.75, 3.05) is 0 Å². The molecule has 0 aromatic heterocycles. The van der Waals surface area contributed by atoms with E-state index in [0.29, 0.717) is 5.78 Å². The monoisotopic (exact) mass is 362 g/mol. The van der Waals surface area contributed by atoms with Gasteiger partial charge in [-0.3, -0.25) is 9.59 Å². The summed E-state index contributed by atoms with van der Waals surface area (Å²) in [5.41, 5.74) is 3.44. The zero-order chi connectivity index (χ0) is 18.6. The van der Waals surface area contributed by atoms with Crippen molar-refractivity contribution in [3.05, 3.63) is 53.1 Å². The highest BCUT2D eigenvalue weighted by molar-refractivity contribution is 6.03. The molecule has 0 bridgehead atoms. The lowest BCUT2D eigenvalue weighted by atomic mass is 9.71. The number of carbonyl (C=O) groups is 2. The molecule has 0 aliphatic heterocycles. The van der Waals surface area contributed by atoms with Crippen molar-refractivity contribution < 1.29 is 9.59 Å². The minimum absolute atomic E-state index is 0.0491. The van der Waals surface area contributed by atoms with Crippen molar-refractivity contribution in [1.82, 2.24) is 0 Å². The third-order valence-corrected chi connectivity index (χ3v) is 6.72. The Morgan fingerprint density at radius 2 is 1.74 bits per heavy atom. The van der Waals surface area contributed by atoms with E-state index in [0.717, 1.165) is 62.5 Å². The topological polar surface area (TPSA) is 34.1 Å². The lowest BCUT2D eigenvalue weighted by Crippen LogP contribution is -2.32. The minimum atomic E-state index is 0.0491. The number of rotatable bonds is 4. The Morgan fingerprint density at radius 1 is 0.889 bits per heavy atom. The molecule has 0 amide bonds. The first-order valence-corrected chi connectivity index (χ1v) is 10.7. The molecule has 1 aromatic carbocycles. The van der Waals surface area contributed by atoms with Gasteiger partial charge in [0.05, 0.1) is 0 Å². The molecule has 142 valence electrons. The molecule has 0 radical (unpaired) electrons. The van der Waals surface area contributed by atoms with Crippen LogP contribution in [-0.2, 0) is 9.59 Å². The SMILES string of the molecule is O=C1C(=Cc2ccccc2)CCC1CC1CCCC(C2=CCCCC2)C1=O. The van der Waals surface area contributed by atoms with Crippen LogP contribution in [0.25, 0.3) is 6.08 Å². The van der Waals surface area contributed by atoms with Crippen LogP contribution in [0.3, 0.4) is 0 Å². The lowest BCUT2D eigenvalue weighted by molar-refractivity contribution is -0.129. The van der Waals surface area contributed by atoms with Crippen LogP contribution >= 0.6 is 0 Å². The van der Waals surface area contributed by atoms with Gasteiger partial charge in [-0.25, -0.2) is 0 Å². The van der Waals surface area contributed by atoms with Crippen molar-refractivity contribution in [2.24, 2.45) is 17.8 Å². The average molecular weight is 363 g/mol. The summed E-state index contributed by atoms with van der Waals surface area (Å²) in [5.74, 6) is 1.01. The van der Waals surface area contributed by atoms with Crippen LogP contribution in [0.4, 0.5) is 0 Å². The highest BCUT2D eigenvalue weighted by Gasteiger charge is 2.38. The Bertz CT molecular complexity index is 756. The molecule has 0 N–H and O–H groups in total. The van der Waals surface area contributed by atoms with Crippen LogP contribution in [0, 0.1) is 17.8 Å². The van der Waals surface area contributed by atoms with Gasteiger partial charge in [-0.15, -0.1) is 0 Å². The number of allylic oxidation sites excluding steroid dienone is 3. The Morgan fingerprint density at radius 3 is 2.52 bits per heavy atom. The first kappa shape index (κ1) is 18.4. The molecule has 27 heavy (non-hydrogen) atoms. The van der Waals surface area contributed by atoms with Gasteiger partial charge in [0.2, 0.25) is 0 Å². The fourth-order valence-electron chi connectivity index (χ4n) is 5.23. The van der Waals surface area contributed by atoms with Crippen molar-refractivity contribution >= 4 is 17.6 Å². The van der Waals surface area contributed by atoms with Gasteiger partial charge < -0.3 is 0 Å². The average Bonchev–Trinajstić information content (AvgIpc) is 3.04. The summed E-state index contributed by atoms with van der Waals surface area (Å²) >= 11 is 0. The number of hydrogen-bond acceptors (Lipinski definition) is 2. The van der Waals surface area contributed by atoms with Gasteiger partial charge >= 0.3 is 0 Å². The predicted molar refractivity (Wildman–Crippen MR) is 109 cm³/mol. The molecule has 4 rings (SSSR count). The Labute approximate surface area is 162 Å². The molecule has 3 aliphatic rings. The van der Waals surface area contributed by atoms with Gasteiger partial charge in [0.15, 0.2) is 5.78 Å². The van der Waals surface area contributed by atoms with E-state index in [1.165, 1.54) is 18.4 Å². The zero-order valence-electron chi connectivity index (χ0n) is 16.2. The van der Waals surface area contributed by atoms with Crippen LogP contribution in [0.15, 0.2) is 47.6 Å². The van der Waals surface area contributed by atoms with Gasteiger partial charge in [-0.1, -0.05) is 48.4 Å². The molecule has 2 fully saturated rings. The fraction of sp³-hybridized carbons (Fsp3) is 0.520. The minimum Gasteiger partial charge on any atom is -0.299 e. The zero-order valence-corrected chi connectivity index (χ0v) is 16.2. The van der Waals surface area contributed by atoms with E-state index < -0.39 is 0 Å². The van der Waals surface area contributed by atoms with E-state index in [9.17, 15) is 9.59 Å². The van der Waals surface area contributed by atoms with Crippen LogP contribution in [0.1, 0.15) is 69.8 Å². The summed E-state index contributed by atoms with van der Waals surface area (Å²) in [4.78, 5) is 26.0. The van der Waals surface area contributed by atoms with E-state index in [-0.39, 0.29) is 23.5 Å². The van der Waals surface area contributed by atoms with E-state index >= 15 is 0 Å². The fourth-order valence-corrected chi connectivity index (χ4v) is 5.23. The summed E-state index contributed by atoms with van der Waals surface area (Å²) < 4.78 is 0. The van der Waals surface area contributed by atoms with Gasteiger partial charge in [0.1, 0.15) is 5.78 Å². The molecule has 3 aliphatic carbocycles. The molecule has 0 saturated heterocycles. The molecule has 2 heteroatoms. The summed E-state index contributed by atoms with van der Waals surface area (Å²) in [7, 11) is 0. The molecule has 2 saturated carbocycles. The largest absolute Gasteiger partial charge is 0.299 e. The van der Waals surface area contributed by atoms with Crippen LogP contribution in [0.2, 0.25) is 0 Å². The highest BCUT2D eigenvalue weighted by atomic mass is 16.1. The maximum absolute atomic E-state index is 13.1. The standard InChI is InChI=1S/C25H30O2/c26-24-21(16-18-8-3-1-4-9-18)14-15-22(24)17-20-12-7-13-23(25(20)27)19-10-5-2-6-11-19/h1,3-4,8-10,16,20,22-23H,2,5-7,11-15,17H2. The summed E-state index contributed by atoms with van der Waals surface area (Å²) in [6, 6.07) is 10.1. The number of carbonyl (C=O) groups excluding carboxylic acids is 2. The van der Waals surface area contributed by atoms with Crippen LogP contribution < -0.4 is 0 Å². The van der Waals surface area contributed by atoms with E-state index in [1.54, 1.807) is 0 Å². The number of hydrogen-bond donors (Lipinski definition) is 0. The highest BCUT2D eigenvalue weighted by Crippen LogP contribution is 2.40. The quantitative estimate of drug-likeness (QED) is 0.492. The van der Waals surface area contributed by atoms with Crippen molar-refractivity contribution in [2.45, 2.75) is 64.2 Å². The van der Waals surface area contributed by atoms with Crippen LogP contribution in [-0.4, -0.2) is 11.6 Å². The van der Waals surface area contributed by atoms with Crippen LogP contribution in [0.5, 0.6) is 0 Å². The van der Waals surface area contributed by atoms with Crippen molar-refractivity contribution in [3.8, 4) is 0 Å². The molecule has 0 spiro atoms. The molecule has 2 nitrogen and oxygen atoms in total. The Kier molecular flexibility index (Phi) is 5.71. The maximum atomic E-state index is 13.1. The van der Waals surface area contributed by atoms with Gasteiger partial charge in [-0.2, -0.15) is 0 Å². The second-order valence-electron chi connectivity index (χ2n) is 8.52. The second-order valence-corrected chi connectivity index (χ2v) is 8.52. The third-order valence-electron chi connectivity index (χ3n) is 6.72. The molecular formula is C25H30O2. The smallest absolute Gasteiger partial charge is 0.161 e. The number of benzene rings is 1. The van der Waals surface area contributed by atoms with Gasteiger partial charge in [0.25, 0.3) is 0 Å². The van der Waals surface area contributed by atoms with Crippen molar-refractivity contribution in [1.29, 1.82) is 0 Å². The first-order valence-electron chi connectivity index (χ1n) is 10.7. The lowest BCUT2D eigenvalue weighted by Gasteiger charge is -2.31. The molecule has 3 unspecified atom stereocenters. The Balaban J connectivity index is 1.41.